The van der Waals surface area contributed by atoms with Crippen LogP contribution in [0, 0.1) is 13.8 Å². The van der Waals surface area contributed by atoms with Crippen LogP contribution in [0.5, 0.6) is 0 Å². The van der Waals surface area contributed by atoms with E-state index in [1.165, 1.54) is 10.5 Å². The molecule has 126 valence electrons. The summed E-state index contributed by atoms with van der Waals surface area (Å²) >= 11 is 1.75. The third kappa shape index (κ3) is 2.34. The number of imidazole rings is 1. The molecule has 1 amide bonds. The van der Waals surface area contributed by atoms with E-state index in [9.17, 15) is 4.79 Å². The van der Waals surface area contributed by atoms with E-state index in [0.29, 0.717) is 5.92 Å². The Kier molecular flexibility index (Phi) is 3.68. The van der Waals surface area contributed by atoms with Gasteiger partial charge in [-0.2, -0.15) is 5.10 Å². The zero-order valence-corrected chi connectivity index (χ0v) is 15.0. The lowest BCUT2D eigenvalue weighted by Crippen LogP contribution is -2.38. The lowest BCUT2D eigenvalue weighted by molar-refractivity contribution is 0.0711. The van der Waals surface area contributed by atoms with Gasteiger partial charge in [-0.3, -0.25) is 13.9 Å². The summed E-state index contributed by atoms with van der Waals surface area (Å²) < 4.78 is 3.91. The lowest BCUT2D eigenvalue weighted by atomic mass is 9.93. The second-order valence-electron chi connectivity index (χ2n) is 6.46. The minimum absolute atomic E-state index is 0.0985. The highest BCUT2D eigenvalue weighted by Crippen LogP contribution is 2.33. The SMILES string of the molecule is Cc1c(C(=O)N2CCC(c3nc(C)n4ccsc34)CC2)cnn1C. The molecule has 0 unspecified atom stereocenters. The molecular formula is C17H21N5OS. The van der Waals surface area contributed by atoms with Crippen molar-refractivity contribution in [3.8, 4) is 0 Å². The fourth-order valence-corrected chi connectivity index (χ4v) is 4.45. The highest BCUT2D eigenvalue weighted by Gasteiger charge is 2.29. The number of aromatic nitrogens is 4. The lowest BCUT2D eigenvalue weighted by Gasteiger charge is -2.31. The highest BCUT2D eigenvalue weighted by atomic mass is 32.1. The Balaban J connectivity index is 1.50. The van der Waals surface area contributed by atoms with E-state index in [0.717, 1.165) is 43.0 Å². The summed E-state index contributed by atoms with van der Waals surface area (Å²) in [6.07, 6.45) is 5.69. The average Bonchev–Trinajstić information content (AvgIpc) is 3.27. The minimum Gasteiger partial charge on any atom is -0.338 e. The number of rotatable bonds is 2. The quantitative estimate of drug-likeness (QED) is 0.719. The molecule has 0 saturated carbocycles. The van der Waals surface area contributed by atoms with Gasteiger partial charge in [0.15, 0.2) is 0 Å². The van der Waals surface area contributed by atoms with Crippen molar-refractivity contribution in [1.29, 1.82) is 0 Å². The largest absolute Gasteiger partial charge is 0.338 e. The monoisotopic (exact) mass is 343 g/mol. The van der Waals surface area contributed by atoms with Crippen LogP contribution in [0.4, 0.5) is 0 Å². The van der Waals surface area contributed by atoms with E-state index in [4.69, 9.17) is 4.98 Å². The maximum absolute atomic E-state index is 12.7. The standard InChI is InChI=1S/C17H21N5OS/c1-11-14(10-18-20(11)3)16(23)21-6-4-13(5-7-21)15-17-22(8-9-24-17)12(2)19-15/h8-10,13H,4-7H2,1-3H3. The Hall–Kier alpha value is -2.15. The number of aryl methyl sites for hydroxylation is 2. The van der Waals surface area contributed by atoms with E-state index in [-0.39, 0.29) is 5.91 Å². The summed E-state index contributed by atoms with van der Waals surface area (Å²) in [5.74, 6) is 1.58. The smallest absolute Gasteiger partial charge is 0.257 e. The third-order valence-corrected chi connectivity index (χ3v) is 5.98. The molecule has 6 nitrogen and oxygen atoms in total. The summed E-state index contributed by atoms with van der Waals surface area (Å²) in [4.78, 5) is 20.7. The topological polar surface area (TPSA) is 55.4 Å². The maximum atomic E-state index is 12.7. The number of fused-ring (bicyclic) bond motifs is 1. The highest BCUT2D eigenvalue weighted by molar-refractivity contribution is 7.15. The van der Waals surface area contributed by atoms with Gasteiger partial charge in [0.05, 0.1) is 17.5 Å². The van der Waals surface area contributed by atoms with E-state index < -0.39 is 0 Å². The molecule has 1 saturated heterocycles. The van der Waals surface area contributed by atoms with Gasteiger partial charge in [-0.05, 0) is 26.7 Å². The van der Waals surface area contributed by atoms with Gasteiger partial charge in [0.25, 0.3) is 5.91 Å². The van der Waals surface area contributed by atoms with Gasteiger partial charge >= 0.3 is 0 Å². The van der Waals surface area contributed by atoms with Crippen molar-refractivity contribution >= 4 is 22.1 Å². The predicted molar refractivity (Wildman–Crippen MR) is 93.6 cm³/mol. The van der Waals surface area contributed by atoms with Crippen LogP contribution in [0.3, 0.4) is 0 Å². The molecule has 3 aromatic rings. The van der Waals surface area contributed by atoms with Crippen molar-refractivity contribution in [2.45, 2.75) is 32.6 Å². The predicted octanol–water partition coefficient (Wildman–Crippen LogP) is 2.77. The first kappa shape index (κ1) is 15.4. The summed E-state index contributed by atoms with van der Waals surface area (Å²) in [7, 11) is 1.87. The van der Waals surface area contributed by atoms with Crippen LogP contribution in [-0.4, -0.2) is 43.1 Å². The van der Waals surface area contributed by atoms with Crippen molar-refractivity contribution in [3.63, 3.8) is 0 Å². The van der Waals surface area contributed by atoms with Crippen LogP contribution in [0.15, 0.2) is 17.8 Å². The molecule has 0 aromatic carbocycles. The Morgan fingerprint density at radius 1 is 1.29 bits per heavy atom. The summed E-state index contributed by atoms with van der Waals surface area (Å²) in [6.45, 7) is 5.55. The van der Waals surface area contributed by atoms with Gasteiger partial charge in [0, 0.05) is 43.3 Å². The molecule has 1 aliphatic heterocycles. The first-order chi connectivity index (χ1) is 11.6. The van der Waals surface area contributed by atoms with Gasteiger partial charge in [-0.25, -0.2) is 4.98 Å². The van der Waals surface area contributed by atoms with Gasteiger partial charge in [0.1, 0.15) is 10.7 Å². The summed E-state index contributed by atoms with van der Waals surface area (Å²) in [5, 5.41) is 6.29. The van der Waals surface area contributed by atoms with E-state index in [1.807, 2.05) is 25.8 Å². The number of thiazole rings is 1. The minimum atomic E-state index is 0.0985. The average molecular weight is 343 g/mol. The fourth-order valence-electron chi connectivity index (χ4n) is 3.50. The molecule has 4 heterocycles. The van der Waals surface area contributed by atoms with Crippen LogP contribution in [-0.2, 0) is 7.05 Å². The summed E-state index contributed by atoms with van der Waals surface area (Å²) in [6, 6.07) is 0. The van der Waals surface area contributed by atoms with Crippen molar-refractivity contribution in [2.24, 2.45) is 7.05 Å². The molecule has 4 rings (SSSR count). The van der Waals surface area contributed by atoms with E-state index in [2.05, 4.69) is 21.1 Å². The third-order valence-electron chi connectivity index (χ3n) is 5.09. The Morgan fingerprint density at radius 3 is 2.71 bits per heavy atom. The Morgan fingerprint density at radius 2 is 2.04 bits per heavy atom. The van der Waals surface area contributed by atoms with Gasteiger partial charge in [-0.15, -0.1) is 11.3 Å². The zero-order chi connectivity index (χ0) is 16.8. The van der Waals surface area contributed by atoms with Crippen LogP contribution in [0.2, 0.25) is 0 Å². The van der Waals surface area contributed by atoms with Gasteiger partial charge in [-0.1, -0.05) is 0 Å². The number of hydrogen-bond acceptors (Lipinski definition) is 4. The number of nitrogens with zero attached hydrogens (tertiary/aromatic N) is 5. The number of carbonyl (C=O) groups excluding carboxylic acids is 1. The number of likely N-dealkylation sites (tertiary alicyclic amines) is 1. The molecule has 3 aromatic heterocycles. The number of carbonyl (C=O) groups is 1. The molecule has 24 heavy (non-hydrogen) atoms. The first-order valence-corrected chi connectivity index (χ1v) is 9.14. The second kappa shape index (κ2) is 5.73. The normalized spacial score (nSPS) is 16.2. The molecule has 1 fully saturated rings. The Bertz CT molecular complexity index is 898. The number of piperidine rings is 1. The van der Waals surface area contributed by atoms with Gasteiger partial charge < -0.3 is 4.90 Å². The van der Waals surface area contributed by atoms with Crippen molar-refractivity contribution in [2.75, 3.05) is 13.1 Å². The molecule has 0 bridgehead atoms. The van der Waals surface area contributed by atoms with E-state index in [1.54, 1.807) is 22.2 Å². The van der Waals surface area contributed by atoms with Crippen molar-refractivity contribution in [3.05, 3.63) is 40.5 Å². The summed E-state index contributed by atoms with van der Waals surface area (Å²) in [5.41, 5.74) is 2.84. The molecule has 0 radical (unpaired) electrons. The fraction of sp³-hybridized carbons (Fsp3) is 0.471. The zero-order valence-electron chi connectivity index (χ0n) is 14.2. The maximum Gasteiger partial charge on any atom is 0.257 e. The number of amides is 1. The molecule has 1 aliphatic rings. The molecule has 0 aliphatic carbocycles. The van der Waals surface area contributed by atoms with Gasteiger partial charge in [0.2, 0.25) is 0 Å². The molecule has 0 N–H and O–H groups in total. The van der Waals surface area contributed by atoms with Crippen LogP contribution in [0.25, 0.3) is 4.83 Å². The van der Waals surface area contributed by atoms with Crippen molar-refractivity contribution in [1.82, 2.24) is 24.1 Å². The van der Waals surface area contributed by atoms with Crippen molar-refractivity contribution < 1.29 is 4.79 Å². The Labute approximate surface area is 144 Å². The second-order valence-corrected chi connectivity index (χ2v) is 7.35. The molecule has 0 spiro atoms. The van der Waals surface area contributed by atoms with Crippen LogP contribution >= 0.6 is 11.3 Å². The molecular weight excluding hydrogens is 322 g/mol. The van der Waals surface area contributed by atoms with Crippen LogP contribution in [0.1, 0.15) is 46.3 Å². The first-order valence-electron chi connectivity index (χ1n) is 8.26. The molecule has 7 heteroatoms. The molecule has 0 atom stereocenters. The van der Waals surface area contributed by atoms with E-state index >= 15 is 0 Å². The van der Waals surface area contributed by atoms with Crippen LogP contribution < -0.4 is 0 Å². The number of hydrogen-bond donors (Lipinski definition) is 0.